The van der Waals surface area contributed by atoms with Crippen LogP contribution in [-0.2, 0) is 10.2 Å². The van der Waals surface area contributed by atoms with Crippen molar-refractivity contribution >= 4 is 5.91 Å². The molecule has 2 aromatic rings. The summed E-state index contributed by atoms with van der Waals surface area (Å²) in [7, 11) is 0. The van der Waals surface area contributed by atoms with E-state index in [2.05, 4.69) is 5.32 Å². The molecule has 0 unspecified atom stereocenters. The summed E-state index contributed by atoms with van der Waals surface area (Å²) in [6.07, 6.45) is 2.40. The van der Waals surface area contributed by atoms with Crippen LogP contribution in [0, 0.1) is 5.82 Å². The molecule has 1 amide bonds. The van der Waals surface area contributed by atoms with Gasteiger partial charge in [-0.3, -0.25) is 4.79 Å². The smallest absolute Gasteiger partial charge is 0.230 e. The summed E-state index contributed by atoms with van der Waals surface area (Å²) in [5, 5.41) is 2.97. The van der Waals surface area contributed by atoms with Crippen molar-refractivity contribution in [1.29, 1.82) is 0 Å². The minimum Gasteiger partial charge on any atom is -0.494 e. The van der Waals surface area contributed by atoms with Gasteiger partial charge in [0, 0.05) is 6.54 Å². The quantitative estimate of drug-likeness (QED) is 0.795. The summed E-state index contributed by atoms with van der Waals surface area (Å²) in [6.45, 7) is 1.14. The fourth-order valence-electron chi connectivity index (χ4n) is 2.69. The number of hydrogen-bond acceptors (Lipinski definition) is 2. The monoisotopic (exact) mass is 313 g/mol. The third kappa shape index (κ3) is 3.70. The Morgan fingerprint density at radius 2 is 1.78 bits per heavy atom. The lowest BCUT2D eigenvalue weighted by Gasteiger charge is -2.16. The van der Waals surface area contributed by atoms with Gasteiger partial charge < -0.3 is 10.1 Å². The first-order valence-electron chi connectivity index (χ1n) is 7.93. The number of amides is 1. The Morgan fingerprint density at radius 3 is 2.43 bits per heavy atom. The molecule has 1 saturated carbocycles. The van der Waals surface area contributed by atoms with Crippen LogP contribution in [-0.4, -0.2) is 19.1 Å². The molecule has 0 saturated heterocycles. The molecule has 1 aliphatic rings. The fourth-order valence-corrected chi connectivity index (χ4v) is 2.69. The third-order valence-corrected chi connectivity index (χ3v) is 4.20. The van der Waals surface area contributed by atoms with E-state index in [1.54, 1.807) is 12.1 Å². The Balaban J connectivity index is 1.43. The van der Waals surface area contributed by atoms with Crippen LogP contribution in [0.3, 0.4) is 0 Å². The van der Waals surface area contributed by atoms with Crippen molar-refractivity contribution in [3.8, 4) is 5.75 Å². The van der Waals surface area contributed by atoms with E-state index in [1.165, 1.54) is 12.1 Å². The zero-order chi connectivity index (χ0) is 16.1. The Bertz CT molecular complexity index is 651. The molecule has 0 heterocycles. The first kappa shape index (κ1) is 15.5. The second-order valence-electron chi connectivity index (χ2n) is 5.86. The van der Waals surface area contributed by atoms with Gasteiger partial charge in [0.25, 0.3) is 0 Å². The molecular formula is C19H20FNO2. The molecule has 2 aromatic carbocycles. The lowest BCUT2D eigenvalue weighted by Crippen LogP contribution is -2.35. The van der Waals surface area contributed by atoms with Gasteiger partial charge in [-0.2, -0.15) is 0 Å². The number of hydrogen-bond donors (Lipinski definition) is 1. The van der Waals surface area contributed by atoms with Crippen molar-refractivity contribution in [1.82, 2.24) is 5.32 Å². The largest absolute Gasteiger partial charge is 0.494 e. The van der Waals surface area contributed by atoms with Crippen molar-refractivity contribution in [2.24, 2.45) is 0 Å². The molecular weight excluding hydrogens is 293 g/mol. The third-order valence-electron chi connectivity index (χ3n) is 4.20. The van der Waals surface area contributed by atoms with Gasteiger partial charge in [-0.05, 0) is 49.1 Å². The van der Waals surface area contributed by atoms with Crippen molar-refractivity contribution < 1.29 is 13.9 Å². The van der Waals surface area contributed by atoms with Crippen LogP contribution in [0.25, 0.3) is 0 Å². The van der Waals surface area contributed by atoms with Gasteiger partial charge >= 0.3 is 0 Å². The molecule has 0 bridgehead atoms. The summed E-state index contributed by atoms with van der Waals surface area (Å²) in [5.41, 5.74) is 0.450. The van der Waals surface area contributed by atoms with Gasteiger partial charge in [-0.1, -0.05) is 30.3 Å². The van der Waals surface area contributed by atoms with Crippen LogP contribution in [0.1, 0.15) is 24.8 Å². The zero-order valence-corrected chi connectivity index (χ0v) is 12.9. The molecule has 120 valence electrons. The predicted octanol–water partition coefficient (Wildman–Crippen LogP) is 3.44. The van der Waals surface area contributed by atoms with Crippen molar-refractivity contribution in [2.75, 3.05) is 13.2 Å². The first-order chi connectivity index (χ1) is 11.2. The number of carbonyl (C=O) groups excluding carboxylic acids is 1. The maximum atomic E-state index is 13.0. The van der Waals surface area contributed by atoms with E-state index in [4.69, 9.17) is 4.74 Å². The maximum Gasteiger partial charge on any atom is 0.230 e. The number of rotatable bonds is 7. The predicted molar refractivity (Wildman–Crippen MR) is 86.9 cm³/mol. The highest BCUT2D eigenvalue weighted by atomic mass is 19.1. The summed E-state index contributed by atoms with van der Waals surface area (Å²) < 4.78 is 18.6. The molecule has 0 aromatic heterocycles. The summed E-state index contributed by atoms with van der Waals surface area (Å²) in [5.74, 6) is 0.593. The normalized spacial score (nSPS) is 15.0. The first-order valence-corrected chi connectivity index (χ1v) is 7.93. The van der Waals surface area contributed by atoms with E-state index in [9.17, 15) is 9.18 Å². The highest BCUT2D eigenvalue weighted by molar-refractivity contribution is 5.91. The van der Waals surface area contributed by atoms with Crippen LogP contribution in [0.15, 0.2) is 54.6 Å². The Kier molecular flexibility index (Phi) is 4.60. The van der Waals surface area contributed by atoms with Crippen LogP contribution in [0.4, 0.5) is 4.39 Å². The Labute approximate surface area is 135 Å². The molecule has 3 nitrogen and oxygen atoms in total. The standard InChI is InChI=1S/C19H20FNO2/c20-16-9-7-15(8-10-16)19(11-12-19)18(22)21-13-4-14-23-17-5-2-1-3-6-17/h1-3,5-10H,4,11-14H2,(H,21,22). The van der Waals surface area contributed by atoms with Crippen molar-refractivity contribution in [3.63, 3.8) is 0 Å². The minimum absolute atomic E-state index is 0.0313. The van der Waals surface area contributed by atoms with Gasteiger partial charge in [0.15, 0.2) is 0 Å². The molecule has 3 rings (SSSR count). The molecule has 1 aliphatic carbocycles. The summed E-state index contributed by atoms with van der Waals surface area (Å²) in [4.78, 5) is 12.4. The fraction of sp³-hybridized carbons (Fsp3) is 0.316. The highest BCUT2D eigenvalue weighted by Crippen LogP contribution is 2.48. The second kappa shape index (κ2) is 6.82. The van der Waals surface area contributed by atoms with Crippen LogP contribution >= 0.6 is 0 Å². The lowest BCUT2D eigenvalue weighted by molar-refractivity contribution is -0.123. The van der Waals surface area contributed by atoms with E-state index in [1.807, 2.05) is 30.3 Å². The number of halogens is 1. The maximum absolute atomic E-state index is 13.0. The van der Waals surface area contributed by atoms with E-state index in [0.29, 0.717) is 13.2 Å². The molecule has 1 fully saturated rings. The molecule has 0 radical (unpaired) electrons. The number of carbonyl (C=O) groups is 1. The number of nitrogens with one attached hydrogen (secondary N) is 1. The molecule has 0 aliphatic heterocycles. The molecule has 1 N–H and O–H groups in total. The number of para-hydroxylation sites is 1. The van der Waals surface area contributed by atoms with Crippen molar-refractivity contribution in [3.05, 3.63) is 66.0 Å². The highest BCUT2D eigenvalue weighted by Gasteiger charge is 2.50. The molecule has 4 heteroatoms. The van der Waals surface area contributed by atoms with Gasteiger partial charge in [0.1, 0.15) is 11.6 Å². The van der Waals surface area contributed by atoms with E-state index in [0.717, 1.165) is 30.6 Å². The van der Waals surface area contributed by atoms with Gasteiger partial charge in [-0.15, -0.1) is 0 Å². The number of benzene rings is 2. The average Bonchev–Trinajstić information content (AvgIpc) is 3.38. The van der Waals surface area contributed by atoms with Gasteiger partial charge in [0.05, 0.1) is 12.0 Å². The van der Waals surface area contributed by atoms with E-state index >= 15 is 0 Å². The molecule has 0 spiro atoms. The average molecular weight is 313 g/mol. The summed E-state index contributed by atoms with van der Waals surface area (Å²) in [6, 6.07) is 15.9. The van der Waals surface area contributed by atoms with E-state index in [-0.39, 0.29) is 11.7 Å². The topological polar surface area (TPSA) is 38.3 Å². The number of ether oxygens (including phenoxy) is 1. The van der Waals surface area contributed by atoms with Crippen LogP contribution < -0.4 is 10.1 Å². The Hall–Kier alpha value is -2.36. The van der Waals surface area contributed by atoms with E-state index < -0.39 is 5.41 Å². The SMILES string of the molecule is O=C(NCCCOc1ccccc1)C1(c2ccc(F)cc2)CC1. The zero-order valence-electron chi connectivity index (χ0n) is 12.9. The Morgan fingerprint density at radius 1 is 1.09 bits per heavy atom. The van der Waals surface area contributed by atoms with Crippen LogP contribution in [0.5, 0.6) is 5.75 Å². The van der Waals surface area contributed by atoms with Gasteiger partial charge in [0.2, 0.25) is 5.91 Å². The lowest BCUT2D eigenvalue weighted by atomic mass is 9.95. The van der Waals surface area contributed by atoms with Gasteiger partial charge in [-0.25, -0.2) is 4.39 Å². The molecule has 23 heavy (non-hydrogen) atoms. The van der Waals surface area contributed by atoms with Crippen molar-refractivity contribution in [2.45, 2.75) is 24.7 Å². The second-order valence-corrected chi connectivity index (χ2v) is 5.86. The van der Waals surface area contributed by atoms with Crippen LogP contribution in [0.2, 0.25) is 0 Å². The summed E-state index contributed by atoms with van der Waals surface area (Å²) >= 11 is 0. The molecule has 0 atom stereocenters. The minimum atomic E-state index is -0.450.